The average Bonchev–Trinajstić information content (AvgIpc) is 3.36. The number of nitro groups is 1. The van der Waals surface area contributed by atoms with E-state index in [2.05, 4.69) is 20.8 Å². The molecule has 2 heterocycles. The number of hydrogen-bond acceptors (Lipinski definition) is 9. The molecule has 1 saturated heterocycles. The van der Waals surface area contributed by atoms with Gasteiger partial charge in [0, 0.05) is 6.07 Å². The molecule has 1 aliphatic rings. The summed E-state index contributed by atoms with van der Waals surface area (Å²) in [6.45, 7) is 0. The number of rotatable bonds is 6. The van der Waals surface area contributed by atoms with Gasteiger partial charge in [-0.05, 0) is 76.4 Å². The van der Waals surface area contributed by atoms with Gasteiger partial charge in [0.25, 0.3) is 17.5 Å². The van der Waals surface area contributed by atoms with Crippen LogP contribution in [-0.2, 0) is 9.59 Å². The highest BCUT2D eigenvalue weighted by atomic mass is 32.2. The van der Waals surface area contributed by atoms with Crippen LogP contribution < -0.4 is 10.2 Å². The lowest BCUT2D eigenvalue weighted by molar-refractivity contribution is -0.387. The maximum absolute atomic E-state index is 13.2. The molecule has 0 aliphatic carbocycles. The summed E-state index contributed by atoms with van der Waals surface area (Å²) in [7, 11) is 0. The number of nitrogens with one attached hydrogen (secondary N) is 1. The number of nitro benzene ring substituents is 1. The Bertz CT molecular complexity index is 1570. The van der Waals surface area contributed by atoms with Crippen molar-refractivity contribution >= 4 is 58.4 Å². The van der Waals surface area contributed by atoms with Gasteiger partial charge >= 0.3 is 0 Å². The average molecular weight is 530 g/mol. The van der Waals surface area contributed by atoms with Gasteiger partial charge in [-0.1, -0.05) is 42.5 Å². The van der Waals surface area contributed by atoms with Crippen molar-refractivity contribution in [2.45, 2.75) is 10.1 Å². The second-order valence-electron chi connectivity index (χ2n) is 7.59. The third-order valence-electron chi connectivity index (χ3n) is 5.25. The van der Waals surface area contributed by atoms with Gasteiger partial charge in [0.05, 0.1) is 21.2 Å². The highest BCUT2D eigenvalue weighted by Crippen LogP contribution is 2.35. The predicted molar refractivity (Wildman–Crippen MR) is 139 cm³/mol. The minimum Gasteiger partial charge on any atom is -0.298 e. The summed E-state index contributed by atoms with van der Waals surface area (Å²) in [6, 6.07) is 22.1. The zero-order valence-electron chi connectivity index (χ0n) is 18.7. The van der Waals surface area contributed by atoms with Gasteiger partial charge in [-0.15, -0.1) is 5.10 Å². The van der Waals surface area contributed by atoms with Gasteiger partial charge in [0.15, 0.2) is 5.11 Å². The number of nitrogens with zero attached hydrogens (tertiary/aromatic N) is 6. The number of hydrogen-bond donors (Lipinski definition) is 1. The van der Waals surface area contributed by atoms with E-state index in [-0.39, 0.29) is 26.8 Å². The van der Waals surface area contributed by atoms with Gasteiger partial charge in [-0.3, -0.25) is 29.9 Å². The largest absolute Gasteiger partial charge is 0.298 e. The zero-order chi connectivity index (χ0) is 25.9. The molecule has 1 N–H and O–H groups in total. The maximum Gasteiger partial charge on any atom is 0.283 e. The summed E-state index contributed by atoms with van der Waals surface area (Å²) in [6.07, 6.45) is 1.30. The highest BCUT2D eigenvalue weighted by molar-refractivity contribution is 7.99. The van der Waals surface area contributed by atoms with Crippen LogP contribution >= 0.6 is 24.0 Å². The molecular weight excluding hydrogens is 514 g/mol. The number of anilines is 1. The van der Waals surface area contributed by atoms with Crippen LogP contribution in [0.4, 0.5) is 11.4 Å². The molecular formula is C24H15N7O4S2. The fourth-order valence-electron chi connectivity index (χ4n) is 3.56. The Morgan fingerprint density at radius 1 is 0.973 bits per heavy atom. The zero-order valence-corrected chi connectivity index (χ0v) is 20.3. The van der Waals surface area contributed by atoms with E-state index in [0.717, 1.165) is 11.8 Å². The van der Waals surface area contributed by atoms with E-state index in [9.17, 15) is 19.7 Å². The highest BCUT2D eigenvalue weighted by Gasteiger charge is 2.34. The first-order valence-corrected chi connectivity index (χ1v) is 11.9. The van der Waals surface area contributed by atoms with Crippen LogP contribution in [0, 0.1) is 10.1 Å². The lowest BCUT2D eigenvalue weighted by atomic mass is 10.1. The standard InChI is InChI=1S/C24H15N7O4S2/c32-21-18(22(33)29(23(36)25-21)16-7-3-1-4-8-16)13-15-11-12-20(19(14-15)31(34)35)37-24-26-27-28-30(24)17-9-5-2-6-10-17/h1-14H,(H,25,32,36)/b18-13+. The smallest absolute Gasteiger partial charge is 0.283 e. The lowest BCUT2D eigenvalue weighted by Crippen LogP contribution is -2.54. The molecule has 2 amide bonds. The van der Waals surface area contributed by atoms with Crippen LogP contribution in [0.15, 0.2) is 94.5 Å². The van der Waals surface area contributed by atoms with E-state index in [1.165, 1.54) is 27.8 Å². The van der Waals surface area contributed by atoms with E-state index in [1.54, 1.807) is 48.5 Å². The molecule has 5 rings (SSSR count). The van der Waals surface area contributed by atoms with Crippen molar-refractivity contribution in [1.29, 1.82) is 0 Å². The minimum absolute atomic E-state index is 0.0489. The van der Waals surface area contributed by atoms with Crippen LogP contribution in [0.1, 0.15) is 5.56 Å². The summed E-state index contributed by atoms with van der Waals surface area (Å²) in [5, 5.41) is 26.3. The number of benzene rings is 3. The fraction of sp³-hybridized carbons (Fsp3) is 0. The Balaban J connectivity index is 1.48. The Hall–Kier alpha value is -4.75. The molecule has 0 bridgehead atoms. The molecule has 1 aliphatic heterocycles. The summed E-state index contributed by atoms with van der Waals surface area (Å²) in [4.78, 5) is 38.6. The molecule has 0 atom stereocenters. The molecule has 1 aromatic heterocycles. The number of amides is 2. The van der Waals surface area contributed by atoms with Crippen LogP contribution in [0.2, 0.25) is 0 Å². The molecule has 1 fully saturated rings. The monoisotopic (exact) mass is 529 g/mol. The van der Waals surface area contributed by atoms with Crippen molar-refractivity contribution in [3.05, 3.63) is 100 Å². The first kappa shape index (κ1) is 24.0. The van der Waals surface area contributed by atoms with Crippen LogP contribution in [0.3, 0.4) is 0 Å². The predicted octanol–water partition coefficient (Wildman–Crippen LogP) is 3.55. The number of carbonyl (C=O) groups is 2. The van der Waals surface area contributed by atoms with Crippen molar-refractivity contribution in [2.75, 3.05) is 4.90 Å². The molecule has 11 nitrogen and oxygen atoms in total. The van der Waals surface area contributed by atoms with Crippen molar-refractivity contribution in [3.63, 3.8) is 0 Å². The topological polar surface area (TPSA) is 136 Å². The van der Waals surface area contributed by atoms with Crippen LogP contribution in [-0.4, -0.2) is 42.1 Å². The van der Waals surface area contributed by atoms with Crippen LogP contribution in [0.5, 0.6) is 0 Å². The normalized spacial score (nSPS) is 14.6. The first-order chi connectivity index (χ1) is 17.9. The summed E-state index contributed by atoms with van der Waals surface area (Å²) < 4.78 is 1.47. The molecule has 0 saturated carbocycles. The van der Waals surface area contributed by atoms with E-state index in [4.69, 9.17) is 12.2 Å². The molecule has 3 aromatic carbocycles. The second kappa shape index (κ2) is 10.1. The van der Waals surface area contributed by atoms with E-state index < -0.39 is 16.7 Å². The number of tetrazole rings is 1. The van der Waals surface area contributed by atoms with Gasteiger partial charge in [0.1, 0.15) is 5.57 Å². The lowest BCUT2D eigenvalue weighted by Gasteiger charge is -2.28. The summed E-state index contributed by atoms with van der Waals surface area (Å²) in [5.74, 6) is -1.33. The Labute approximate surface area is 218 Å². The Kier molecular flexibility index (Phi) is 6.53. The Morgan fingerprint density at radius 2 is 1.65 bits per heavy atom. The van der Waals surface area contributed by atoms with Crippen molar-refractivity contribution in [2.24, 2.45) is 0 Å². The van der Waals surface area contributed by atoms with Crippen LogP contribution in [0.25, 0.3) is 11.8 Å². The van der Waals surface area contributed by atoms with Gasteiger partial charge in [-0.25, -0.2) is 0 Å². The molecule has 182 valence electrons. The fourth-order valence-corrected chi connectivity index (χ4v) is 4.72. The number of carbonyl (C=O) groups excluding carboxylic acids is 2. The Morgan fingerprint density at radius 3 is 2.32 bits per heavy atom. The van der Waals surface area contributed by atoms with Gasteiger partial charge in [-0.2, -0.15) is 4.68 Å². The third kappa shape index (κ3) is 4.85. The summed E-state index contributed by atoms with van der Waals surface area (Å²) in [5.41, 5.74) is 1.03. The molecule has 0 radical (unpaired) electrons. The molecule has 0 unspecified atom stereocenters. The second-order valence-corrected chi connectivity index (χ2v) is 8.98. The summed E-state index contributed by atoms with van der Waals surface area (Å²) >= 11 is 6.21. The minimum atomic E-state index is -0.690. The number of aromatic nitrogens is 4. The first-order valence-electron chi connectivity index (χ1n) is 10.7. The molecule has 13 heteroatoms. The van der Waals surface area contributed by atoms with Crippen molar-refractivity contribution < 1.29 is 14.5 Å². The molecule has 0 spiro atoms. The van der Waals surface area contributed by atoms with Gasteiger partial charge < -0.3 is 0 Å². The van der Waals surface area contributed by atoms with Crippen molar-refractivity contribution in [3.8, 4) is 5.69 Å². The number of thiocarbonyl (C=S) groups is 1. The molecule has 4 aromatic rings. The van der Waals surface area contributed by atoms with E-state index in [1.807, 2.05) is 18.2 Å². The van der Waals surface area contributed by atoms with E-state index in [0.29, 0.717) is 16.5 Å². The quantitative estimate of drug-likeness (QED) is 0.131. The SMILES string of the molecule is O=C1NC(=S)N(c2ccccc2)C(=O)/C1=C/c1ccc(Sc2nnnn2-c2ccccc2)c([N+](=O)[O-])c1. The maximum atomic E-state index is 13.2. The number of para-hydroxylation sites is 2. The van der Waals surface area contributed by atoms with Crippen molar-refractivity contribution in [1.82, 2.24) is 25.5 Å². The third-order valence-corrected chi connectivity index (χ3v) is 6.54. The molecule has 37 heavy (non-hydrogen) atoms. The van der Waals surface area contributed by atoms with Gasteiger partial charge in [0.2, 0.25) is 5.16 Å². The van der Waals surface area contributed by atoms with E-state index >= 15 is 0 Å².